The second-order valence-electron chi connectivity index (χ2n) is 9.81. The fraction of sp³-hybridized carbons (Fsp3) is 0.267. The van der Waals surface area contributed by atoms with Gasteiger partial charge in [0.25, 0.3) is 0 Å². The number of benzene rings is 2. The van der Waals surface area contributed by atoms with E-state index in [0.29, 0.717) is 30.9 Å². The van der Waals surface area contributed by atoms with Crippen LogP contribution in [0.15, 0.2) is 72.4 Å². The lowest BCUT2D eigenvalue weighted by atomic mass is 9.80. The summed E-state index contributed by atoms with van der Waals surface area (Å²) in [5, 5.41) is 15.1. The van der Waals surface area contributed by atoms with Gasteiger partial charge in [-0.05, 0) is 42.2 Å². The first-order chi connectivity index (χ1) is 18.8. The van der Waals surface area contributed by atoms with Crippen LogP contribution in [-0.4, -0.2) is 29.1 Å². The number of aryl methyl sites for hydroxylation is 1. The van der Waals surface area contributed by atoms with Gasteiger partial charge in [0.15, 0.2) is 12.4 Å². The number of hydrogen-bond acceptors (Lipinski definition) is 6. The number of thiazole rings is 1. The maximum Gasteiger partial charge on any atom is 0.304 e. The van der Waals surface area contributed by atoms with E-state index in [1.165, 1.54) is 11.3 Å². The highest BCUT2D eigenvalue weighted by Gasteiger charge is 2.45. The van der Waals surface area contributed by atoms with Gasteiger partial charge in [0.2, 0.25) is 5.91 Å². The Morgan fingerprint density at radius 3 is 2.59 bits per heavy atom. The third-order valence-electron chi connectivity index (χ3n) is 6.95. The summed E-state index contributed by atoms with van der Waals surface area (Å²) < 4.78 is 13.6. The molecule has 0 saturated carbocycles. The van der Waals surface area contributed by atoms with Crippen LogP contribution in [0.2, 0.25) is 0 Å². The number of hydrogen-bond donors (Lipinski definition) is 2. The average molecular weight is 545 g/mol. The summed E-state index contributed by atoms with van der Waals surface area (Å²) in [5.74, 6) is 0.0815. The average Bonchev–Trinajstić information content (AvgIpc) is 3.55. The smallest absolute Gasteiger partial charge is 0.304 e. The molecular formula is C30H30N3O5S+. The normalized spacial score (nSPS) is 13.5. The standard InChI is InChI=1S/C30H29N3O5S/c1-33-11-5-6-20(17-33)18-38-23-9-10-24(26(12-23)37-2)25-19-39-27(32-25)16-31-29(36)30(15-28(34)35)13-21-7-3-4-8-22(21)14-30/h3-12,17,19H,13-16,18H2,1-2H3,(H-,31,34,35,36)/p+1. The second kappa shape index (κ2) is 11.2. The number of methoxy groups -OCH3 is 1. The van der Waals surface area contributed by atoms with Gasteiger partial charge in [-0.3, -0.25) is 9.59 Å². The molecule has 2 aromatic carbocycles. The fourth-order valence-electron chi connectivity index (χ4n) is 5.08. The Morgan fingerprint density at radius 2 is 1.90 bits per heavy atom. The second-order valence-corrected chi connectivity index (χ2v) is 10.8. The predicted molar refractivity (Wildman–Crippen MR) is 146 cm³/mol. The highest BCUT2D eigenvalue weighted by Crippen LogP contribution is 2.40. The predicted octanol–water partition coefficient (Wildman–Crippen LogP) is 4.10. The molecule has 39 heavy (non-hydrogen) atoms. The van der Waals surface area contributed by atoms with Gasteiger partial charge in [0.1, 0.15) is 30.2 Å². The minimum absolute atomic E-state index is 0.217. The Kier molecular flexibility index (Phi) is 7.60. The van der Waals surface area contributed by atoms with Gasteiger partial charge < -0.3 is 19.9 Å². The van der Waals surface area contributed by atoms with Gasteiger partial charge in [-0.25, -0.2) is 9.55 Å². The lowest BCUT2D eigenvalue weighted by Crippen LogP contribution is -2.43. The Balaban J connectivity index is 1.25. The summed E-state index contributed by atoms with van der Waals surface area (Å²) in [7, 11) is 3.57. The topological polar surface area (TPSA) is 102 Å². The van der Waals surface area contributed by atoms with E-state index in [0.717, 1.165) is 33.0 Å². The van der Waals surface area contributed by atoms with Crippen molar-refractivity contribution in [3.05, 3.63) is 94.1 Å². The molecule has 200 valence electrons. The maximum absolute atomic E-state index is 13.3. The molecule has 4 aromatic rings. The van der Waals surface area contributed by atoms with Crippen molar-refractivity contribution in [2.75, 3.05) is 7.11 Å². The summed E-state index contributed by atoms with van der Waals surface area (Å²) in [5.41, 5.74) is 3.67. The zero-order valence-electron chi connectivity index (χ0n) is 21.8. The minimum atomic E-state index is -0.994. The number of fused-ring (bicyclic) bond motifs is 1. The maximum atomic E-state index is 13.3. The minimum Gasteiger partial charge on any atom is -0.496 e. The van der Waals surface area contributed by atoms with E-state index in [9.17, 15) is 14.7 Å². The number of carboxylic acid groups (broad SMARTS) is 1. The zero-order chi connectivity index (χ0) is 27.4. The number of aromatic nitrogens is 2. The number of ether oxygens (including phenoxy) is 2. The van der Waals surface area contributed by atoms with Crippen LogP contribution in [0.3, 0.4) is 0 Å². The number of pyridine rings is 1. The SMILES string of the molecule is COc1cc(OCc2ccc[n+](C)c2)ccc1-c1csc(CNC(=O)C2(CC(=O)O)Cc3ccccc3C2)n1. The van der Waals surface area contributed by atoms with Crippen LogP contribution in [0, 0.1) is 5.41 Å². The third-order valence-corrected chi connectivity index (χ3v) is 7.80. The number of carbonyl (C=O) groups excluding carboxylic acids is 1. The summed E-state index contributed by atoms with van der Waals surface area (Å²) in [6, 6.07) is 17.4. The molecule has 0 unspecified atom stereocenters. The van der Waals surface area contributed by atoms with E-state index >= 15 is 0 Å². The Labute approximate surface area is 230 Å². The number of nitrogens with zero attached hydrogens (tertiary/aromatic N) is 2. The fourth-order valence-corrected chi connectivity index (χ4v) is 5.82. The molecule has 1 aliphatic rings. The molecule has 8 nitrogen and oxygen atoms in total. The Bertz CT molecular complexity index is 1490. The molecule has 2 N–H and O–H groups in total. The van der Waals surface area contributed by atoms with Crippen molar-refractivity contribution in [2.45, 2.75) is 32.4 Å². The number of nitrogens with one attached hydrogen (secondary N) is 1. The first-order valence-electron chi connectivity index (χ1n) is 12.6. The third kappa shape index (κ3) is 5.93. The first kappa shape index (κ1) is 26.4. The molecule has 0 saturated heterocycles. The molecule has 1 amide bonds. The van der Waals surface area contributed by atoms with Crippen LogP contribution >= 0.6 is 11.3 Å². The molecule has 2 heterocycles. The quantitative estimate of drug-likeness (QED) is 0.292. The van der Waals surface area contributed by atoms with E-state index in [4.69, 9.17) is 14.5 Å². The molecule has 9 heteroatoms. The van der Waals surface area contributed by atoms with Crippen LogP contribution in [0.5, 0.6) is 11.5 Å². The Morgan fingerprint density at radius 1 is 1.13 bits per heavy atom. The number of amides is 1. The zero-order valence-corrected chi connectivity index (χ0v) is 22.7. The van der Waals surface area contributed by atoms with E-state index in [1.807, 2.05) is 84.0 Å². The van der Waals surface area contributed by atoms with E-state index in [1.54, 1.807) is 7.11 Å². The highest BCUT2D eigenvalue weighted by molar-refractivity contribution is 7.09. The summed E-state index contributed by atoms with van der Waals surface area (Å²) in [6.07, 6.45) is 4.59. The van der Waals surface area contributed by atoms with Gasteiger partial charge >= 0.3 is 5.97 Å². The van der Waals surface area contributed by atoms with Crippen LogP contribution in [0.25, 0.3) is 11.3 Å². The molecule has 0 atom stereocenters. The van der Waals surface area contributed by atoms with Gasteiger partial charge in [-0.1, -0.05) is 24.3 Å². The van der Waals surface area contributed by atoms with Gasteiger partial charge in [-0.15, -0.1) is 11.3 Å². The molecule has 0 bridgehead atoms. The molecule has 1 aliphatic carbocycles. The van der Waals surface area contributed by atoms with Crippen molar-refractivity contribution in [1.82, 2.24) is 10.3 Å². The van der Waals surface area contributed by atoms with Gasteiger partial charge in [0, 0.05) is 23.1 Å². The van der Waals surface area contributed by atoms with Crippen molar-refractivity contribution in [3.8, 4) is 22.8 Å². The lowest BCUT2D eigenvalue weighted by molar-refractivity contribution is -0.672. The number of carbonyl (C=O) groups is 2. The first-order valence-corrected chi connectivity index (χ1v) is 13.5. The van der Waals surface area contributed by atoms with Gasteiger partial charge in [-0.2, -0.15) is 0 Å². The molecule has 5 rings (SSSR count). The molecule has 0 spiro atoms. The largest absolute Gasteiger partial charge is 0.496 e. The van der Waals surface area contributed by atoms with Crippen LogP contribution < -0.4 is 19.4 Å². The van der Waals surface area contributed by atoms with Crippen molar-refractivity contribution in [1.29, 1.82) is 0 Å². The highest BCUT2D eigenvalue weighted by atomic mass is 32.1. The lowest BCUT2D eigenvalue weighted by Gasteiger charge is -2.25. The van der Waals surface area contributed by atoms with E-state index < -0.39 is 11.4 Å². The number of rotatable bonds is 10. The van der Waals surface area contributed by atoms with Crippen molar-refractivity contribution >= 4 is 23.2 Å². The molecule has 0 radical (unpaired) electrons. The van der Waals surface area contributed by atoms with E-state index in [-0.39, 0.29) is 18.9 Å². The molecular weight excluding hydrogens is 514 g/mol. The monoisotopic (exact) mass is 544 g/mol. The molecule has 0 aliphatic heterocycles. The van der Waals surface area contributed by atoms with E-state index in [2.05, 4.69) is 5.32 Å². The van der Waals surface area contributed by atoms with Gasteiger partial charge in [0.05, 0.1) is 36.7 Å². The van der Waals surface area contributed by atoms with Crippen LogP contribution in [0.1, 0.15) is 28.1 Å². The van der Waals surface area contributed by atoms with Crippen LogP contribution in [0.4, 0.5) is 0 Å². The van der Waals surface area contributed by atoms with Crippen molar-refractivity contribution < 1.29 is 28.7 Å². The van der Waals surface area contributed by atoms with Crippen molar-refractivity contribution in [2.24, 2.45) is 12.5 Å². The summed E-state index contributed by atoms with van der Waals surface area (Å²) >= 11 is 1.43. The Hall–Kier alpha value is -4.24. The molecule has 2 aromatic heterocycles. The molecule has 0 fully saturated rings. The van der Waals surface area contributed by atoms with Crippen LogP contribution in [-0.2, 0) is 42.6 Å². The summed E-state index contributed by atoms with van der Waals surface area (Å²) in [6.45, 7) is 0.658. The number of aliphatic carboxylic acids is 1. The van der Waals surface area contributed by atoms with Crippen molar-refractivity contribution in [3.63, 3.8) is 0 Å². The summed E-state index contributed by atoms with van der Waals surface area (Å²) in [4.78, 5) is 29.7. The number of carboxylic acids is 1.